The van der Waals surface area contributed by atoms with E-state index < -0.39 is 5.82 Å². The summed E-state index contributed by atoms with van der Waals surface area (Å²) in [6.45, 7) is 5.03. The number of hydrogen-bond donors (Lipinski definition) is 1. The van der Waals surface area contributed by atoms with Crippen LogP contribution in [0.3, 0.4) is 0 Å². The molecule has 2 aromatic heterocycles. The lowest BCUT2D eigenvalue weighted by molar-refractivity contribution is 0.0699. The minimum Gasteiger partial charge on any atom is -0.339 e. The first-order valence-electron chi connectivity index (χ1n) is 12.2. The zero-order valence-electron chi connectivity index (χ0n) is 19.7. The second-order valence-electron chi connectivity index (χ2n) is 9.64. The fraction of sp³-hybridized carbons (Fsp3) is 0.423. The molecule has 0 radical (unpaired) electrons. The van der Waals surface area contributed by atoms with Crippen molar-refractivity contribution in [2.24, 2.45) is 5.92 Å². The number of benzene rings is 1. The Morgan fingerprint density at radius 3 is 2.46 bits per heavy atom. The summed E-state index contributed by atoms with van der Waals surface area (Å²) in [5.74, 6) is 0.487. The van der Waals surface area contributed by atoms with E-state index in [2.05, 4.69) is 29.5 Å². The number of halogens is 2. The lowest BCUT2D eigenvalue weighted by atomic mass is 9.89. The molecule has 1 N–H and O–H groups in total. The largest absolute Gasteiger partial charge is 0.339 e. The van der Waals surface area contributed by atoms with Gasteiger partial charge in [-0.15, -0.1) is 0 Å². The Balaban J connectivity index is 1.24. The summed E-state index contributed by atoms with van der Waals surface area (Å²) >= 11 is 5.81. The van der Waals surface area contributed by atoms with Crippen molar-refractivity contribution in [2.75, 3.05) is 31.5 Å². The average molecular weight is 498 g/mol. The first-order valence-corrected chi connectivity index (χ1v) is 12.5. The molecule has 2 aliphatic rings. The predicted molar refractivity (Wildman–Crippen MR) is 133 cm³/mol. The summed E-state index contributed by atoms with van der Waals surface area (Å²) in [5, 5.41) is 7.16. The molecule has 3 aromatic rings. The van der Waals surface area contributed by atoms with Gasteiger partial charge in [0.2, 0.25) is 0 Å². The quantitative estimate of drug-likeness (QED) is 0.526. The number of likely N-dealkylation sites (tertiary alicyclic amines) is 2. The molecule has 35 heavy (non-hydrogen) atoms. The highest BCUT2D eigenvalue weighted by atomic mass is 35.5. The Hall–Kier alpha value is -3.13. The zero-order valence-corrected chi connectivity index (χ0v) is 20.5. The minimum absolute atomic E-state index is 0.0236. The summed E-state index contributed by atoms with van der Waals surface area (Å²) in [5.41, 5.74) is 3.11. The molecule has 0 bridgehead atoms. The molecule has 7 nitrogen and oxygen atoms in total. The van der Waals surface area contributed by atoms with Crippen LogP contribution in [0.4, 0.5) is 14.9 Å². The van der Waals surface area contributed by atoms with Gasteiger partial charge >= 0.3 is 6.03 Å². The molecule has 3 amide bonds. The van der Waals surface area contributed by atoms with E-state index >= 15 is 0 Å². The number of pyridine rings is 1. The lowest BCUT2D eigenvalue weighted by Crippen LogP contribution is -2.40. The number of anilines is 1. The van der Waals surface area contributed by atoms with Crippen LogP contribution in [0, 0.1) is 11.7 Å². The minimum atomic E-state index is -0.518. The molecule has 184 valence electrons. The predicted octanol–water partition coefficient (Wildman–Crippen LogP) is 5.41. The molecule has 2 fully saturated rings. The Kier molecular flexibility index (Phi) is 6.65. The summed E-state index contributed by atoms with van der Waals surface area (Å²) in [6.07, 6.45) is 7.29. The Labute approximate surface area is 208 Å². The fourth-order valence-corrected chi connectivity index (χ4v) is 5.17. The maximum Gasteiger partial charge on any atom is 0.321 e. The van der Waals surface area contributed by atoms with Gasteiger partial charge in [-0.2, -0.15) is 5.10 Å². The molecular weight excluding hydrogens is 469 g/mol. The van der Waals surface area contributed by atoms with E-state index in [9.17, 15) is 14.0 Å². The van der Waals surface area contributed by atoms with Gasteiger partial charge in [-0.25, -0.2) is 13.7 Å². The molecule has 4 heterocycles. The second kappa shape index (κ2) is 9.85. The number of amides is 3. The summed E-state index contributed by atoms with van der Waals surface area (Å²) in [6, 6.07) is 8.05. The topological polar surface area (TPSA) is 70.0 Å². The number of nitrogens with zero attached hydrogens (tertiary/aromatic N) is 4. The van der Waals surface area contributed by atoms with Crippen molar-refractivity contribution in [2.45, 2.75) is 38.5 Å². The van der Waals surface area contributed by atoms with Gasteiger partial charge in [-0.1, -0.05) is 18.5 Å². The van der Waals surface area contributed by atoms with Crippen molar-refractivity contribution in [3.8, 4) is 0 Å². The Morgan fingerprint density at radius 1 is 1.03 bits per heavy atom. The third-order valence-corrected chi connectivity index (χ3v) is 7.56. The normalized spacial score (nSPS) is 17.7. The molecule has 0 spiro atoms. The third-order valence-electron chi connectivity index (χ3n) is 7.27. The monoisotopic (exact) mass is 497 g/mol. The maximum atomic E-state index is 13.4. The highest BCUT2D eigenvalue weighted by Gasteiger charge is 2.27. The van der Waals surface area contributed by atoms with E-state index in [1.165, 1.54) is 18.2 Å². The highest BCUT2D eigenvalue weighted by molar-refractivity contribution is 6.31. The standard InChI is InChI=1S/C26H29ClFN5O2/c1-17-4-9-31(10-5-17)25(34)21-16-29-33-13-8-19(14-24(21)33)18-6-11-32(12-7-18)26(35)30-20-2-3-23(28)22(27)15-20/h2-3,8,13-18H,4-7,9-12H2,1H3,(H,30,35). The first-order chi connectivity index (χ1) is 16.9. The number of urea groups is 1. The molecular formula is C26H29ClFN5O2. The second-order valence-corrected chi connectivity index (χ2v) is 10.1. The van der Waals surface area contributed by atoms with E-state index in [-0.39, 0.29) is 22.9 Å². The first kappa shape index (κ1) is 23.6. The van der Waals surface area contributed by atoms with Gasteiger partial charge in [0.25, 0.3) is 5.91 Å². The maximum absolute atomic E-state index is 13.4. The molecule has 0 aliphatic carbocycles. The van der Waals surface area contributed by atoms with Crippen LogP contribution in [-0.2, 0) is 0 Å². The van der Waals surface area contributed by atoms with Crippen molar-refractivity contribution in [1.29, 1.82) is 0 Å². The van der Waals surface area contributed by atoms with Crippen LogP contribution in [0.2, 0.25) is 5.02 Å². The number of rotatable bonds is 3. The Bertz CT molecular complexity index is 1250. The van der Waals surface area contributed by atoms with Crippen LogP contribution in [-0.4, -0.2) is 57.5 Å². The highest BCUT2D eigenvalue weighted by Crippen LogP contribution is 2.30. The van der Waals surface area contributed by atoms with E-state index in [0.717, 1.165) is 49.9 Å². The number of aromatic nitrogens is 2. The number of piperidine rings is 2. The number of nitrogens with one attached hydrogen (secondary N) is 1. The van der Waals surface area contributed by atoms with E-state index in [4.69, 9.17) is 11.6 Å². The van der Waals surface area contributed by atoms with Gasteiger partial charge in [0, 0.05) is 38.1 Å². The van der Waals surface area contributed by atoms with Crippen molar-refractivity contribution in [3.63, 3.8) is 0 Å². The molecule has 0 saturated carbocycles. The number of fused-ring (bicyclic) bond motifs is 1. The van der Waals surface area contributed by atoms with E-state index in [0.29, 0.717) is 30.3 Å². The van der Waals surface area contributed by atoms with Crippen LogP contribution in [0.15, 0.2) is 42.7 Å². The summed E-state index contributed by atoms with van der Waals surface area (Å²) in [4.78, 5) is 29.5. The lowest BCUT2D eigenvalue weighted by Gasteiger charge is -2.32. The van der Waals surface area contributed by atoms with Crippen LogP contribution in [0.25, 0.3) is 5.52 Å². The van der Waals surface area contributed by atoms with Gasteiger partial charge < -0.3 is 15.1 Å². The smallest absolute Gasteiger partial charge is 0.321 e. The number of carbonyl (C=O) groups excluding carboxylic acids is 2. The summed E-state index contributed by atoms with van der Waals surface area (Å²) in [7, 11) is 0. The van der Waals surface area contributed by atoms with Crippen molar-refractivity contribution < 1.29 is 14.0 Å². The van der Waals surface area contributed by atoms with Crippen LogP contribution in [0.5, 0.6) is 0 Å². The third kappa shape index (κ3) is 4.98. The molecule has 2 saturated heterocycles. The van der Waals surface area contributed by atoms with Crippen molar-refractivity contribution >= 4 is 34.7 Å². The fourth-order valence-electron chi connectivity index (χ4n) is 4.99. The average Bonchev–Trinajstić information content (AvgIpc) is 3.30. The van der Waals surface area contributed by atoms with Gasteiger partial charge in [0.15, 0.2) is 0 Å². The molecule has 9 heteroatoms. The summed E-state index contributed by atoms with van der Waals surface area (Å²) < 4.78 is 15.1. The molecule has 5 rings (SSSR count). The van der Waals surface area contributed by atoms with E-state index in [1.807, 2.05) is 11.1 Å². The van der Waals surface area contributed by atoms with Crippen LogP contribution < -0.4 is 5.32 Å². The SMILES string of the molecule is CC1CCN(C(=O)c2cnn3ccc(C4CCN(C(=O)Nc5ccc(F)c(Cl)c5)CC4)cc23)CC1. The zero-order chi connectivity index (χ0) is 24.5. The Morgan fingerprint density at radius 2 is 1.74 bits per heavy atom. The van der Waals surface area contributed by atoms with Gasteiger partial charge in [0.1, 0.15) is 5.82 Å². The van der Waals surface area contributed by atoms with E-state index in [1.54, 1.807) is 15.6 Å². The van der Waals surface area contributed by atoms with Crippen molar-refractivity contribution in [3.05, 3.63) is 64.7 Å². The van der Waals surface area contributed by atoms with Gasteiger partial charge in [-0.3, -0.25) is 4.79 Å². The molecule has 1 aromatic carbocycles. The number of hydrogen-bond acceptors (Lipinski definition) is 3. The van der Waals surface area contributed by atoms with Crippen LogP contribution in [0.1, 0.15) is 54.4 Å². The number of carbonyl (C=O) groups is 2. The van der Waals surface area contributed by atoms with Gasteiger partial charge in [0.05, 0.1) is 22.3 Å². The molecule has 0 atom stereocenters. The molecule has 0 unspecified atom stereocenters. The van der Waals surface area contributed by atoms with Gasteiger partial charge in [-0.05, 0) is 73.4 Å². The molecule has 2 aliphatic heterocycles. The van der Waals surface area contributed by atoms with Crippen molar-refractivity contribution in [1.82, 2.24) is 19.4 Å². The van der Waals surface area contributed by atoms with Crippen LogP contribution >= 0.6 is 11.6 Å².